The number of aliphatic hydroxyl groups excluding tert-OH is 1. The molecule has 2 aromatic carbocycles. The maximum absolute atomic E-state index is 12.8. The number of allylic oxidation sites excluding steroid dienone is 1. The first-order valence-electron chi connectivity index (χ1n) is 20.3. The summed E-state index contributed by atoms with van der Waals surface area (Å²) in [4.78, 5) is 12.8. The van der Waals surface area contributed by atoms with E-state index in [9.17, 15) is 9.90 Å². The maximum Gasteiger partial charge on any atom is 0.331 e. The van der Waals surface area contributed by atoms with Crippen LogP contribution in [0.25, 0.3) is 6.08 Å². The number of nitrogens with two attached hydrogens (primary N) is 2. The lowest BCUT2D eigenvalue weighted by Crippen LogP contribution is -2.51. The number of ether oxygens (including phenoxy) is 2. The van der Waals surface area contributed by atoms with Gasteiger partial charge in [-0.15, -0.1) is 0 Å². The van der Waals surface area contributed by atoms with Gasteiger partial charge in [0, 0.05) is 29.4 Å². The Morgan fingerprint density at radius 3 is 2.37 bits per heavy atom. The second-order valence-corrected chi connectivity index (χ2v) is 17.5. The Morgan fingerprint density at radius 1 is 0.962 bits per heavy atom. The van der Waals surface area contributed by atoms with Gasteiger partial charge in [0.25, 0.3) is 0 Å². The molecule has 3 fully saturated rings. The molecule has 286 valence electrons. The van der Waals surface area contributed by atoms with Crippen molar-refractivity contribution in [3.05, 3.63) is 71.3 Å². The average Bonchev–Trinajstić information content (AvgIpc) is 3.47. The van der Waals surface area contributed by atoms with Gasteiger partial charge in [-0.1, -0.05) is 78.2 Å². The van der Waals surface area contributed by atoms with Crippen molar-refractivity contribution in [1.29, 1.82) is 0 Å². The van der Waals surface area contributed by atoms with Crippen molar-refractivity contribution in [2.24, 2.45) is 52.3 Å². The van der Waals surface area contributed by atoms with Gasteiger partial charge in [-0.2, -0.15) is 0 Å². The van der Waals surface area contributed by atoms with Gasteiger partial charge in [-0.05, 0) is 146 Å². The zero-order valence-corrected chi connectivity index (χ0v) is 33.2. The van der Waals surface area contributed by atoms with Crippen molar-refractivity contribution in [2.75, 3.05) is 18.1 Å². The molecule has 9 atom stereocenters. The van der Waals surface area contributed by atoms with Crippen LogP contribution in [0.1, 0.15) is 124 Å². The highest BCUT2D eigenvalue weighted by Crippen LogP contribution is 2.67. The molecule has 6 nitrogen and oxygen atoms in total. The second kappa shape index (κ2) is 17.3. The highest BCUT2D eigenvalue weighted by molar-refractivity contribution is 5.87. The first-order valence-corrected chi connectivity index (χ1v) is 20.3. The molecule has 4 aliphatic carbocycles. The third kappa shape index (κ3) is 8.92. The van der Waals surface area contributed by atoms with E-state index < -0.39 is 0 Å². The summed E-state index contributed by atoms with van der Waals surface area (Å²) in [6.45, 7) is 17.4. The minimum atomic E-state index is -0.283. The molecule has 0 heterocycles. The monoisotopic (exact) mass is 713 g/mol. The van der Waals surface area contributed by atoms with Crippen LogP contribution < -0.4 is 16.2 Å². The van der Waals surface area contributed by atoms with Crippen molar-refractivity contribution >= 4 is 23.4 Å². The van der Waals surface area contributed by atoms with Gasteiger partial charge in [0.05, 0.1) is 13.2 Å². The number of fused-ring (bicyclic) bond motifs is 5. The van der Waals surface area contributed by atoms with Crippen molar-refractivity contribution in [3.63, 3.8) is 0 Å². The van der Waals surface area contributed by atoms with Crippen LogP contribution in [-0.4, -0.2) is 23.8 Å². The summed E-state index contributed by atoms with van der Waals surface area (Å²) in [6, 6.07) is 12.8. The SMILES string of the molecule is CCOc1ccc(/C=C/C(=O)OC2CCC3(C)C(=CCC4C3CCC3(C)C(C(C)CCC(C)C(C)C)CCC43)C2)cc1CO.Nc1cccc(N)c1. The van der Waals surface area contributed by atoms with Crippen LogP contribution in [0.2, 0.25) is 0 Å². The van der Waals surface area contributed by atoms with E-state index in [0.29, 0.717) is 29.1 Å². The van der Waals surface area contributed by atoms with E-state index in [2.05, 4.69) is 47.6 Å². The molecule has 5 N–H and O–H groups in total. The Balaban J connectivity index is 0.000000577. The Labute approximate surface area is 314 Å². The lowest BCUT2D eigenvalue weighted by molar-refractivity contribution is -0.145. The number of carbonyl (C=O) groups excluding carboxylic acids is 1. The van der Waals surface area contributed by atoms with Crippen molar-refractivity contribution in [2.45, 2.75) is 125 Å². The largest absolute Gasteiger partial charge is 0.494 e. The van der Waals surface area contributed by atoms with Crippen LogP contribution in [-0.2, 0) is 16.1 Å². The Hall–Kier alpha value is -3.25. The van der Waals surface area contributed by atoms with Gasteiger partial charge in [-0.3, -0.25) is 0 Å². The number of hydrogen-bond donors (Lipinski definition) is 3. The predicted molar refractivity (Wildman–Crippen MR) is 215 cm³/mol. The van der Waals surface area contributed by atoms with Crippen molar-refractivity contribution < 1.29 is 19.4 Å². The molecule has 0 aliphatic heterocycles. The fourth-order valence-corrected chi connectivity index (χ4v) is 10.8. The Morgan fingerprint density at radius 2 is 1.71 bits per heavy atom. The topological polar surface area (TPSA) is 108 Å². The molecule has 0 bridgehead atoms. The van der Waals surface area contributed by atoms with Crippen LogP contribution >= 0.6 is 0 Å². The first kappa shape index (κ1) is 39.9. The van der Waals surface area contributed by atoms with Gasteiger partial charge < -0.3 is 26.0 Å². The number of benzene rings is 2. The summed E-state index contributed by atoms with van der Waals surface area (Å²) in [5.74, 6) is 6.17. The normalized spacial score (nSPS) is 30.6. The van der Waals surface area contributed by atoms with Gasteiger partial charge >= 0.3 is 5.97 Å². The zero-order valence-electron chi connectivity index (χ0n) is 33.2. The maximum atomic E-state index is 12.8. The average molecular weight is 713 g/mol. The van der Waals surface area contributed by atoms with Gasteiger partial charge in [0.2, 0.25) is 0 Å². The summed E-state index contributed by atoms with van der Waals surface area (Å²) in [7, 11) is 0. The van der Waals surface area contributed by atoms with E-state index in [0.717, 1.165) is 71.8 Å². The molecular weight excluding hydrogens is 645 g/mol. The van der Waals surface area contributed by atoms with Crippen LogP contribution in [0.4, 0.5) is 11.4 Å². The third-order valence-electron chi connectivity index (χ3n) is 14.2. The molecule has 0 saturated heterocycles. The third-order valence-corrected chi connectivity index (χ3v) is 14.2. The van der Waals surface area contributed by atoms with Gasteiger partial charge in [0.1, 0.15) is 11.9 Å². The minimum Gasteiger partial charge on any atom is -0.494 e. The number of carbonyl (C=O) groups is 1. The van der Waals surface area contributed by atoms with Crippen LogP contribution in [0, 0.1) is 52.3 Å². The molecule has 2 aromatic rings. The number of nitrogen functional groups attached to an aromatic ring is 2. The molecule has 0 amide bonds. The fraction of sp³-hybridized carbons (Fsp3) is 0.630. The standard InChI is InChI=1S/C40H60O4.C6H8N2/c1-8-43-37-17-11-29(23-30(37)25-41)12-18-38(42)44-32-19-21-39(6)31(24-32)13-14-33-35-16-15-34(40(35,7)22-20-36(33)39)28(5)10-9-27(4)26(2)3;7-5-2-1-3-6(8)4-5/h11-13,17-18,23,26-28,32-36,41H,8-10,14-16,19-22,24-25H2,1-7H3;1-4H,7-8H2/b18-12+;. The molecule has 9 unspecified atom stereocenters. The van der Waals surface area contributed by atoms with E-state index in [-0.39, 0.29) is 24.1 Å². The minimum absolute atomic E-state index is 0.0462. The van der Waals surface area contributed by atoms with Crippen LogP contribution in [0.3, 0.4) is 0 Å². The summed E-state index contributed by atoms with van der Waals surface area (Å²) in [5, 5.41) is 9.69. The van der Waals surface area contributed by atoms with E-state index >= 15 is 0 Å². The molecule has 6 heteroatoms. The Kier molecular flexibility index (Phi) is 13.3. The van der Waals surface area contributed by atoms with Gasteiger partial charge in [0.15, 0.2) is 0 Å². The summed E-state index contributed by atoms with van der Waals surface area (Å²) in [5.41, 5.74) is 16.1. The predicted octanol–water partition coefficient (Wildman–Crippen LogP) is 10.6. The van der Waals surface area contributed by atoms with E-state index in [1.807, 2.05) is 31.2 Å². The second-order valence-electron chi connectivity index (χ2n) is 17.5. The number of hydrogen-bond acceptors (Lipinski definition) is 6. The van der Waals surface area contributed by atoms with Gasteiger partial charge in [-0.25, -0.2) is 4.79 Å². The molecule has 52 heavy (non-hydrogen) atoms. The summed E-state index contributed by atoms with van der Waals surface area (Å²) < 4.78 is 11.6. The molecule has 0 radical (unpaired) electrons. The van der Waals surface area contributed by atoms with Crippen LogP contribution in [0.5, 0.6) is 5.75 Å². The number of anilines is 2. The van der Waals surface area contributed by atoms with Crippen molar-refractivity contribution in [1.82, 2.24) is 0 Å². The highest BCUT2D eigenvalue weighted by atomic mass is 16.5. The molecule has 0 aromatic heterocycles. The van der Waals surface area contributed by atoms with E-state index in [1.165, 1.54) is 51.0 Å². The molecule has 0 spiro atoms. The molecule has 4 aliphatic rings. The van der Waals surface area contributed by atoms with E-state index in [1.54, 1.807) is 29.8 Å². The highest BCUT2D eigenvalue weighted by Gasteiger charge is 2.59. The summed E-state index contributed by atoms with van der Waals surface area (Å²) >= 11 is 0. The number of rotatable bonds is 11. The lowest BCUT2D eigenvalue weighted by Gasteiger charge is -2.58. The zero-order chi connectivity index (χ0) is 37.6. The van der Waals surface area contributed by atoms with E-state index in [4.69, 9.17) is 20.9 Å². The molecule has 3 saturated carbocycles. The quantitative estimate of drug-likeness (QED) is 0.0926. The number of aliphatic hydroxyl groups is 1. The molecular formula is C46H68N2O4. The lowest BCUT2D eigenvalue weighted by atomic mass is 9.47. The number of esters is 1. The first-order chi connectivity index (χ1) is 24.8. The summed E-state index contributed by atoms with van der Waals surface area (Å²) in [6.07, 6.45) is 18.4. The van der Waals surface area contributed by atoms with Crippen LogP contribution in [0.15, 0.2) is 60.2 Å². The smallest absolute Gasteiger partial charge is 0.331 e. The Bertz CT molecular complexity index is 1550. The molecule has 6 rings (SSSR count). The van der Waals surface area contributed by atoms with Crippen molar-refractivity contribution in [3.8, 4) is 5.75 Å². The fourth-order valence-electron chi connectivity index (χ4n) is 10.8.